The predicted octanol–water partition coefficient (Wildman–Crippen LogP) is 3.64. The van der Waals surface area contributed by atoms with Gasteiger partial charge in [-0.25, -0.2) is 8.78 Å². The van der Waals surface area contributed by atoms with E-state index < -0.39 is 17.4 Å². The summed E-state index contributed by atoms with van der Waals surface area (Å²) in [6, 6.07) is 5.08. The lowest BCUT2D eigenvalue weighted by Crippen LogP contribution is -2.05. The van der Waals surface area contributed by atoms with Crippen molar-refractivity contribution in [3.05, 3.63) is 58.5 Å². The van der Waals surface area contributed by atoms with Gasteiger partial charge in [0, 0.05) is 6.42 Å². The molecule has 0 saturated heterocycles. The monoisotopic (exact) mass is 256 g/mol. The standard InChI is InChI=1S/C12H7ClF2O2/c13-12-8(4-5-17-12)10(16)6-7-2-1-3-9(14)11(7)15/h1-5H,6H2. The fourth-order valence-electron chi connectivity index (χ4n) is 1.45. The van der Waals surface area contributed by atoms with Gasteiger partial charge in [-0.2, -0.15) is 0 Å². The lowest BCUT2D eigenvalue weighted by atomic mass is 10.0. The summed E-state index contributed by atoms with van der Waals surface area (Å²) in [6.07, 6.45) is 1.00. The summed E-state index contributed by atoms with van der Waals surface area (Å²) in [5, 5.41) is -0.0492. The van der Waals surface area contributed by atoms with E-state index in [1.807, 2.05) is 0 Å². The van der Waals surface area contributed by atoms with E-state index in [1.54, 1.807) is 0 Å². The molecular weight excluding hydrogens is 250 g/mol. The molecule has 0 amide bonds. The minimum atomic E-state index is -1.01. The van der Waals surface area contributed by atoms with Gasteiger partial charge in [0.15, 0.2) is 17.4 Å². The molecule has 2 aromatic rings. The number of benzene rings is 1. The lowest BCUT2D eigenvalue weighted by Gasteiger charge is -2.02. The van der Waals surface area contributed by atoms with Crippen molar-refractivity contribution in [2.45, 2.75) is 6.42 Å². The molecule has 0 unspecified atom stereocenters. The number of ketones is 1. The first-order chi connectivity index (χ1) is 8.09. The normalized spacial score (nSPS) is 10.5. The first-order valence-electron chi connectivity index (χ1n) is 4.78. The number of rotatable bonds is 3. The fourth-order valence-corrected chi connectivity index (χ4v) is 1.67. The molecule has 0 spiro atoms. The Balaban J connectivity index is 2.25. The van der Waals surface area contributed by atoms with Crippen LogP contribution in [-0.4, -0.2) is 5.78 Å². The third-order valence-corrected chi connectivity index (χ3v) is 2.59. The Morgan fingerprint density at radius 1 is 1.29 bits per heavy atom. The average molecular weight is 257 g/mol. The van der Waals surface area contributed by atoms with Crippen molar-refractivity contribution in [2.75, 3.05) is 0 Å². The number of halogens is 3. The first kappa shape index (κ1) is 11.8. The van der Waals surface area contributed by atoms with Crippen molar-refractivity contribution in [1.82, 2.24) is 0 Å². The molecule has 0 bridgehead atoms. The van der Waals surface area contributed by atoms with Gasteiger partial charge in [0.1, 0.15) is 0 Å². The van der Waals surface area contributed by atoms with Crippen LogP contribution in [-0.2, 0) is 6.42 Å². The Bertz CT molecular complexity index is 563. The highest BCUT2D eigenvalue weighted by atomic mass is 35.5. The van der Waals surface area contributed by atoms with E-state index in [2.05, 4.69) is 0 Å². The summed E-state index contributed by atoms with van der Waals surface area (Å²) in [6.45, 7) is 0. The van der Waals surface area contributed by atoms with Gasteiger partial charge < -0.3 is 4.42 Å². The summed E-state index contributed by atoms with van der Waals surface area (Å²) in [7, 11) is 0. The minimum absolute atomic E-state index is 0.00716. The SMILES string of the molecule is O=C(Cc1cccc(F)c1F)c1ccoc1Cl. The summed E-state index contributed by atoms with van der Waals surface area (Å²) in [5.74, 6) is -2.41. The van der Waals surface area contributed by atoms with E-state index in [0.717, 1.165) is 6.07 Å². The molecule has 2 rings (SSSR count). The van der Waals surface area contributed by atoms with Crippen LogP contribution in [0.25, 0.3) is 0 Å². The second-order valence-corrected chi connectivity index (χ2v) is 3.76. The molecule has 5 heteroatoms. The molecule has 0 fully saturated rings. The molecule has 88 valence electrons. The minimum Gasteiger partial charge on any atom is -0.452 e. The second kappa shape index (κ2) is 4.67. The molecule has 0 aliphatic rings. The number of carbonyl (C=O) groups is 1. The van der Waals surface area contributed by atoms with Crippen LogP contribution < -0.4 is 0 Å². The van der Waals surface area contributed by atoms with Gasteiger partial charge >= 0.3 is 0 Å². The van der Waals surface area contributed by atoms with Crippen LogP contribution >= 0.6 is 11.6 Å². The zero-order valence-corrected chi connectivity index (χ0v) is 9.30. The number of Topliss-reactive ketones (excluding diaryl/α,β-unsaturated/α-hetero) is 1. The van der Waals surface area contributed by atoms with Gasteiger partial charge in [-0.1, -0.05) is 12.1 Å². The zero-order chi connectivity index (χ0) is 12.4. The fraction of sp³-hybridized carbons (Fsp3) is 0.0833. The molecule has 0 N–H and O–H groups in total. The molecular formula is C12H7ClF2O2. The third-order valence-electron chi connectivity index (χ3n) is 2.30. The molecule has 1 aromatic carbocycles. The van der Waals surface area contributed by atoms with Gasteiger partial charge in [-0.05, 0) is 29.3 Å². The zero-order valence-electron chi connectivity index (χ0n) is 8.54. The Hall–Kier alpha value is -1.68. The molecule has 17 heavy (non-hydrogen) atoms. The quantitative estimate of drug-likeness (QED) is 0.785. The second-order valence-electron chi connectivity index (χ2n) is 3.42. The van der Waals surface area contributed by atoms with Gasteiger partial charge in [0.25, 0.3) is 0 Å². The maximum absolute atomic E-state index is 13.3. The van der Waals surface area contributed by atoms with Gasteiger partial charge in [-0.3, -0.25) is 4.79 Å². The van der Waals surface area contributed by atoms with Crippen molar-refractivity contribution in [1.29, 1.82) is 0 Å². The highest BCUT2D eigenvalue weighted by Crippen LogP contribution is 2.20. The van der Waals surface area contributed by atoms with E-state index in [9.17, 15) is 13.6 Å². The van der Waals surface area contributed by atoms with E-state index in [-0.39, 0.29) is 22.8 Å². The smallest absolute Gasteiger partial charge is 0.203 e. The topological polar surface area (TPSA) is 30.2 Å². The van der Waals surface area contributed by atoms with E-state index in [1.165, 1.54) is 24.5 Å². The molecule has 0 radical (unpaired) electrons. The van der Waals surface area contributed by atoms with Crippen LogP contribution in [0.1, 0.15) is 15.9 Å². The maximum atomic E-state index is 13.3. The molecule has 0 aliphatic carbocycles. The Labute approximate surface area is 101 Å². The van der Waals surface area contributed by atoms with E-state index >= 15 is 0 Å². The molecule has 1 heterocycles. The predicted molar refractivity (Wildman–Crippen MR) is 58.1 cm³/mol. The molecule has 0 aliphatic heterocycles. The Morgan fingerprint density at radius 2 is 2.06 bits per heavy atom. The summed E-state index contributed by atoms with van der Waals surface area (Å²) in [5.41, 5.74) is 0.155. The molecule has 2 nitrogen and oxygen atoms in total. The summed E-state index contributed by atoms with van der Waals surface area (Å²) in [4.78, 5) is 11.7. The Morgan fingerprint density at radius 3 is 2.71 bits per heavy atom. The number of hydrogen-bond donors (Lipinski definition) is 0. The number of furan rings is 1. The lowest BCUT2D eigenvalue weighted by molar-refractivity contribution is 0.0991. The summed E-state index contributed by atoms with van der Waals surface area (Å²) < 4.78 is 31.0. The van der Waals surface area contributed by atoms with Crippen molar-refractivity contribution in [3.63, 3.8) is 0 Å². The van der Waals surface area contributed by atoms with E-state index in [0.29, 0.717) is 0 Å². The maximum Gasteiger partial charge on any atom is 0.203 e. The van der Waals surface area contributed by atoms with Gasteiger partial charge in [0.05, 0.1) is 11.8 Å². The van der Waals surface area contributed by atoms with Crippen LogP contribution in [0.4, 0.5) is 8.78 Å². The highest BCUT2D eigenvalue weighted by molar-refractivity contribution is 6.32. The van der Waals surface area contributed by atoms with Crippen molar-refractivity contribution >= 4 is 17.4 Å². The number of hydrogen-bond acceptors (Lipinski definition) is 2. The number of carbonyl (C=O) groups excluding carboxylic acids is 1. The van der Waals surface area contributed by atoms with Gasteiger partial charge in [-0.15, -0.1) is 0 Å². The average Bonchev–Trinajstić information content (AvgIpc) is 2.71. The van der Waals surface area contributed by atoms with Crippen molar-refractivity contribution in [3.8, 4) is 0 Å². The molecule has 1 aromatic heterocycles. The van der Waals surface area contributed by atoms with Crippen LogP contribution in [0.15, 0.2) is 34.9 Å². The van der Waals surface area contributed by atoms with E-state index in [4.69, 9.17) is 16.0 Å². The highest BCUT2D eigenvalue weighted by Gasteiger charge is 2.16. The Kier molecular flexibility index (Phi) is 3.24. The van der Waals surface area contributed by atoms with Crippen molar-refractivity contribution in [2.24, 2.45) is 0 Å². The van der Waals surface area contributed by atoms with Crippen LogP contribution in [0, 0.1) is 11.6 Å². The molecule has 0 atom stereocenters. The largest absolute Gasteiger partial charge is 0.452 e. The van der Waals surface area contributed by atoms with Crippen LogP contribution in [0.5, 0.6) is 0 Å². The van der Waals surface area contributed by atoms with Gasteiger partial charge in [0.2, 0.25) is 5.22 Å². The third kappa shape index (κ3) is 2.36. The summed E-state index contributed by atoms with van der Waals surface area (Å²) >= 11 is 5.62. The molecule has 0 saturated carbocycles. The first-order valence-corrected chi connectivity index (χ1v) is 5.16. The van der Waals surface area contributed by atoms with Crippen LogP contribution in [0.3, 0.4) is 0 Å². The van der Waals surface area contributed by atoms with Crippen molar-refractivity contribution < 1.29 is 18.0 Å². The van der Waals surface area contributed by atoms with Crippen LogP contribution in [0.2, 0.25) is 5.22 Å².